The summed E-state index contributed by atoms with van der Waals surface area (Å²) < 4.78 is 8.89. The molecule has 2 heterocycles. The van der Waals surface area contributed by atoms with E-state index in [0.29, 0.717) is 30.5 Å². The number of benzene rings is 2. The Morgan fingerprint density at radius 2 is 1.82 bits per heavy atom. The van der Waals surface area contributed by atoms with Crippen molar-refractivity contribution in [2.75, 3.05) is 25.0 Å². The average molecular weight is 525 g/mol. The summed E-state index contributed by atoms with van der Waals surface area (Å²) in [6.45, 7) is 10.7. The van der Waals surface area contributed by atoms with Crippen LogP contribution in [0.3, 0.4) is 0 Å². The number of likely N-dealkylation sites (tertiary alicyclic amines) is 1. The average Bonchev–Trinajstić information content (AvgIpc) is 3.43. The number of aryl methyl sites for hydroxylation is 1. The number of aromatic nitrogens is 2. The van der Waals surface area contributed by atoms with E-state index in [1.165, 1.54) is 18.4 Å². The maximum absolute atomic E-state index is 12.8. The molecule has 0 saturated carbocycles. The van der Waals surface area contributed by atoms with Gasteiger partial charge in [0.2, 0.25) is 0 Å². The molecule has 4 rings (SSSR count). The van der Waals surface area contributed by atoms with Crippen molar-refractivity contribution >= 4 is 27.7 Å². The van der Waals surface area contributed by atoms with Gasteiger partial charge in [-0.1, -0.05) is 41.9 Å². The number of carbonyl (C=O) groups excluding carboxylic acids is 1. The molecule has 0 spiro atoms. The Kier molecular flexibility index (Phi) is 8.06. The van der Waals surface area contributed by atoms with Crippen LogP contribution >= 0.6 is 15.9 Å². The van der Waals surface area contributed by atoms with Gasteiger partial charge in [-0.15, -0.1) is 0 Å². The van der Waals surface area contributed by atoms with Crippen molar-refractivity contribution in [3.05, 3.63) is 75.4 Å². The van der Waals surface area contributed by atoms with E-state index in [-0.39, 0.29) is 5.91 Å². The lowest BCUT2D eigenvalue weighted by molar-refractivity contribution is 0.102. The van der Waals surface area contributed by atoms with Gasteiger partial charge in [-0.3, -0.25) is 14.4 Å². The smallest absolute Gasteiger partial charge is 0.256 e. The molecule has 1 amide bonds. The molecule has 3 aromatic rings. The number of nitrogens with zero attached hydrogens (tertiary/aromatic N) is 3. The second-order valence-electron chi connectivity index (χ2n) is 9.42. The number of nitrogens with one attached hydrogen (secondary N) is 1. The Morgan fingerprint density at radius 3 is 2.53 bits per heavy atom. The molecule has 1 aliphatic rings. The summed E-state index contributed by atoms with van der Waals surface area (Å²) in [5.74, 6) is 1.69. The first-order valence-corrected chi connectivity index (χ1v) is 12.7. The molecule has 1 aliphatic heterocycles. The van der Waals surface area contributed by atoms with E-state index in [0.717, 1.165) is 41.1 Å². The van der Waals surface area contributed by atoms with E-state index >= 15 is 0 Å². The fourth-order valence-corrected chi connectivity index (χ4v) is 4.52. The van der Waals surface area contributed by atoms with Gasteiger partial charge in [-0.05, 0) is 74.7 Å². The lowest BCUT2D eigenvalue weighted by Crippen LogP contribution is -2.18. The molecule has 2 aromatic carbocycles. The number of carbonyl (C=O) groups is 1. The van der Waals surface area contributed by atoms with Crippen LogP contribution in [0.4, 0.5) is 5.82 Å². The lowest BCUT2D eigenvalue weighted by Gasteiger charge is -2.14. The molecule has 180 valence electrons. The highest BCUT2D eigenvalue weighted by atomic mass is 79.9. The molecular formula is C27H33BrN4O2. The number of anilines is 1. The number of hydrogen-bond donors (Lipinski definition) is 1. The quantitative estimate of drug-likeness (QED) is 0.379. The molecule has 0 unspecified atom stereocenters. The van der Waals surface area contributed by atoms with E-state index in [1.807, 2.05) is 54.1 Å². The number of halogens is 1. The van der Waals surface area contributed by atoms with Crippen molar-refractivity contribution in [1.82, 2.24) is 14.7 Å². The van der Waals surface area contributed by atoms with Gasteiger partial charge in [-0.2, -0.15) is 5.10 Å². The fourth-order valence-electron chi connectivity index (χ4n) is 4.11. The first-order chi connectivity index (χ1) is 16.4. The second-order valence-corrected chi connectivity index (χ2v) is 10.3. The maximum atomic E-state index is 12.8. The van der Waals surface area contributed by atoms with E-state index in [9.17, 15) is 4.79 Å². The first kappa shape index (κ1) is 24.5. The summed E-state index contributed by atoms with van der Waals surface area (Å²) in [6, 6.07) is 15.8. The summed E-state index contributed by atoms with van der Waals surface area (Å²) in [5.41, 5.74) is 3.87. The molecule has 1 saturated heterocycles. The summed E-state index contributed by atoms with van der Waals surface area (Å²) >= 11 is 3.56. The van der Waals surface area contributed by atoms with Crippen molar-refractivity contribution in [1.29, 1.82) is 0 Å². The molecule has 6 nitrogen and oxygen atoms in total. The molecule has 0 atom stereocenters. The minimum absolute atomic E-state index is 0.152. The van der Waals surface area contributed by atoms with Crippen LogP contribution in [0.1, 0.15) is 53.9 Å². The third-order valence-electron chi connectivity index (χ3n) is 5.96. The van der Waals surface area contributed by atoms with Gasteiger partial charge >= 0.3 is 0 Å². The molecule has 1 fully saturated rings. The monoisotopic (exact) mass is 524 g/mol. The van der Waals surface area contributed by atoms with Crippen LogP contribution in [0.25, 0.3) is 0 Å². The Bertz CT molecular complexity index is 1120. The van der Waals surface area contributed by atoms with Crippen molar-refractivity contribution < 1.29 is 9.53 Å². The highest BCUT2D eigenvalue weighted by Crippen LogP contribution is 2.25. The molecule has 1 aromatic heterocycles. The van der Waals surface area contributed by atoms with Crippen LogP contribution in [0.2, 0.25) is 0 Å². The van der Waals surface area contributed by atoms with Crippen LogP contribution in [0, 0.1) is 12.8 Å². The summed E-state index contributed by atoms with van der Waals surface area (Å²) in [6.07, 6.45) is 2.56. The Morgan fingerprint density at radius 1 is 1.09 bits per heavy atom. The third kappa shape index (κ3) is 6.48. The van der Waals surface area contributed by atoms with Crippen LogP contribution in [0.15, 0.2) is 53.0 Å². The topological polar surface area (TPSA) is 59.4 Å². The standard InChI is InChI=1S/C27H33BrN4O2/c1-19(2)18-34-25-11-10-24(28)15-23(25)17-32-20(3)14-26(30-32)29-27(33)22-8-6-21(7-9-22)16-31-12-4-5-13-31/h6-11,14-15,19H,4-5,12-13,16-18H2,1-3H3,(H,29,30,33). The minimum atomic E-state index is -0.152. The SMILES string of the molecule is Cc1cc(NC(=O)c2ccc(CN3CCCC3)cc2)nn1Cc1cc(Br)ccc1OCC(C)C. The van der Waals surface area contributed by atoms with Gasteiger partial charge in [0.15, 0.2) is 5.82 Å². The van der Waals surface area contributed by atoms with Gasteiger partial charge in [0.25, 0.3) is 5.91 Å². The molecule has 1 N–H and O–H groups in total. The van der Waals surface area contributed by atoms with Gasteiger partial charge < -0.3 is 10.1 Å². The fraction of sp³-hybridized carbons (Fsp3) is 0.407. The van der Waals surface area contributed by atoms with E-state index in [2.05, 4.69) is 51.2 Å². The van der Waals surface area contributed by atoms with E-state index in [4.69, 9.17) is 4.74 Å². The molecule has 7 heteroatoms. The predicted octanol–water partition coefficient (Wildman–Crippen LogP) is 5.89. The van der Waals surface area contributed by atoms with Crippen LogP contribution in [-0.4, -0.2) is 40.3 Å². The van der Waals surface area contributed by atoms with E-state index < -0.39 is 0 Å². The summed E-state index contributed by atoms with van der Waals surface area (Å²) in [5, 5.41) is 7.57. The molecule has 0 bridgehead atoms. The van der Waals surface area contributed by atoms with E-state index in [1.54, 1.807) is 0 Å². The van der Waals surface area contributed by atoms with Crippen LogP contribution in [0.5, 0.6) is 5.75 Å². The third-order valence-corrected chi connectivity index (χ3v) is 6.45. The Balaban J connectivity index is 1.41. The second kappa shape index (κ2) is 11.2. The molecule has 34 heavy (non-hydrogen) atoms. The number of amides is 1. The van der Waals surface area contributed by atoms with Gasteiger partial charge in [0, 0.05) is 33.9 Å². The van der Waals surface area contributed by atoms with Crippen LogP contribution < -0.4 is 10.1 Å². The van der Waals surface area contributed by atoms with Crippen molar-refractivity contribution in [3.8, 4) is 5.75 Å². The van der Waals surface area contributed by atoms with Crippen molar-refractivity contribution in [2.24, 2.45) is 5.92 Å². The molecular weight excluding hydrogens is 492 g/mol. The number of ether oxygens (including phenoxy) is 1. The first-order valence-electron chi connectivity index (χ1n) is 12.0. The summed E-state index contributed by atoms with van der Waals surface area (Å²) in [4.78, 5) is 15.3. The number of hydrogen-bond acceptors (Lipinski definition) is 4. The van der Waals surface area contributed by atoms with Gasteiger partial charge in [0.1, 0.15) is 5.75 Å². The Labute approximate surface area is 210 Å². The van der Waals surface area contributed by atoms with Gasteiger partial charge in [0.05, 0.1) is 13.2 Å². The molecule has 0 radical (unpaired) electrons. The Hall–Kier alpha value is -2.64. The highest BCUT2D eigenvalue weighted by Gasteiger charge is 2.14. The summed E-state index contributed by atoms with van der Waals surface area (Å²) in [7, 11) is 0. The minimum Gasteiger partial charge on any atom is -0.493 e. The van der Waals surface area contributed by atoms with Crippen LogP contribution in [-0.2, 0) is 13.1 Å². The maximum Gasteiger partial charge on any atom is 0.256 e. The van der Waals surface area contributed by atoms with Gasteiger partial charge in [-0.25, -0.2) is 0 Å². The highest BCUT2D eigenvalue weighted by molar-refractivity contribution is 9.10. The molecule has 0 aliphatic carbocycles. The zero-order valence-corrected chi connectivity index (χ0v) is 21.8. The largest absolute Gasteiger partial charge is 0.493 e. The zero-order chi connectivity index (χ0) is 24.1. The van der Waals surface area contributed by atoms with Crippen molar-refractivity contribution in [2.45, 2.75) is 46.7 Å². The van der Waals surface area contributed by atoms with Crippen molar-refractivity contribution in [3.63, 3.8) is 0 Å². The normalized spacial score (nSPS) is 14.0. The predicted molar refractivity (Wildman–Crippen MR) is 139 cm³/mol. The number of rotatable bonds is 9. The lowest BCUT2D eigenvalue weighted by atomic mass is 10.1. The zero-order valence-electron chi connectivity index (χ0n) is 20.2.